The molecule has 0 atom stereocenters. The van der Waals surface area contributed by atoms with Gasteiger partial charge in [0.2, 0.25) is 0 Å². The van der Waals surface area contributed by atoms with Crippen LogP contribution in [0.5, 0.6) is 5.75 Å². The van der Waals surface area contributed by atoms with E-state index in [1.54, 1.807) is 0 Å². The Morgan fingerprint density at radius 3 is 2.42 bits per heavy atom. The van der Waals surface area contributed by atoms with Crippen LogP contribution in [0.3, 0.4) is 0 Å². The molecule has 0 saturated carbocycles. The highest BCUT2D eigenvalue weighted by molar-refractivity contribution is 5.80. The summed E-state index contributed by atoms with van der Waals surface area (Å²) in [6, 6.07) is 18.3. The summed E-state index contributed by atoms with van der Waals surface area (Å²) in [5, 5.41) is 1.18. The van der Waals surface area contributed by atoms with Crippen LogP contribution in [0.1, 0.15) is 26.3 Å². The van der Waals surface area contributed by atoms with Gasteiger partial charge in [-0.15, -0.1) is 0 Å². The van der Waals surface area contributed by atoms with Crippen LogP contribution in [0.15, 0.2) is 60.8 Å². The van der Waals surface area contributed by atoms with Gasteiger partial charge in [-0.25, -0.2) is 0 Å². The molecular formula is C20H23NO3. The van der Waals surface area contributed by atoms with Crippen LogP contribution in [-0.4, -0.2) is 17.1 Å². The molecule has 0 bridgehead atoms. The van der Waals surface area contributed by atoms with E-state index >= 15 is 0 Å². The van der Waals surface area contributed by atoms with Crippen LogP contribution < -0.4 is 4.74 Å². The fraction of sp³-hybridized carbons (Fsp3) is 0.250. The van der Waals surface area contributed by atoms with Crippen molar-refractivity contribution in [1.29, 1.82) is 0 Å². The maximum atomic E-state index is 9.60. The number of carbonyl (C=O) groups is 1. The fourth-order valence-electron chi connectivity index (χ4n) is 2.01. The van der Waals surface area contributed by atoms with Crippen LogP contribution in [0.2, 0.25) is 0 Å². The van der Waals surface area contributed by atoms with Crippen LogP contribution in [-0.2, 0) is 16.1 Å². The smallest absolute Gasteiger partial charge is 0.293 e. The van der Waals surface area contributed by atoms with Crippen molar-refractivity contribution in [3.8, 4) is 5.75 Å². The lowest BCUT2D eigenvalue weighted by atomic mass is 10.2. The standard InChI is InChI=1S/C15H13NO.C5H10O2/c1-2-4-12(5-3-1)11-17-14-6-7-15-13(10-14)8-9-16-15;1-5(2,3)7-4-6/h1-10,16H,11H2;4H,1-3H3. The molecule has 0 aliphatic rings. The van der Waals surface area contributed by atoms with E-state index < -0.39 is 0 Å². The molecule has 1 heterocycles. The van der Waals surface area contributed by atoms with E-state index in [0.717, 1.165) is 11.3 Å². The number of benzene rings is 2. The lowest BCUT2D eigenvalue weighted by molar-refractivity contribution is -0.138. The van der Waals surface area contributed by atoms with Crippen molar-refractivity contribution in [3.05, 3.63) is 66.4 Å². The van der Waals surface area contributed by atoms with Crippen molar-refractivity contribution in [1.82, 2.24) is 4.98 Å². The lowest BCUT2D eigenvalue weighted by Crippen LogP contribution is -2.17. The zero-order chi connectivity index (χ0) is 17.4. The molecule has 0 unspecified atom stereocenters. The van der Waals surface area contributed by atoms with Crippen molar-refractivity contribution in [2.45, 2.75) is 33.0 Å². The monoisotopic (exact) mass is 325 g/mol. The Morgan fingerprint density at radius 2 is 1.79 bits per heavy atom. The van der Waals surface area contributed by atoms with Crippen LogP contribution >= 0.6 is 0 Å². The molecule has 2 aromatic carbocycles. The van der Waals surface area contributed by atoms with E-state index in [2.05, 4.69) is 27.9 Å². The first-order chi connectivity index (χ1) is 11.5. The Kier molecular flexibility index (Phi) is 6.01. The molecular weight excluding hydrogens is 302 g/mol. The number of hydrogen-bond acceptors (Lipinski definition) is 3. The summed E-state index contributed by atoms with van der Waals surface area (Å²) in [6.07, 6.45) is 1.94. The normalized spacial score (nSPS) is 10.6. The minimum absolute atomic E-state index is 0.318. The summed E-state index contributed by atoms with van der Waals surface area (Å²) in [6.45, 7) is 6.53. The average molecular weight is 325 g/mol. The molecule has 0 aliphatic carbocycles. The number of hydrogen-bond donors (Lipinski definition) is 1. The average Bonchev–Trinajstić information content (AvgIpc) is 3.01. The Morgan fingerprint density at radius 1 is 1.04 bits per heavy atom. The summed E-state index contributed by atoms with van der Waals surface area (Å²) in [5.74, 6) is 0.904. The second-order valence-electron chi connectivity index (χ2n) is 6.33. The number of aromatic amines is 1. The number of carbonyl (C=O) groups excluding carboxylic acids is 1. The highest BCUT2D eigenvalue weighted by atomic mass is 16.5. The maximum Gasteiger partial charge on any atom is 0.293 e. The van der Waals surface area contributed by atoms with Crippen LogP contribution in [0.4, 0.5) is 0 Å². The first-order valence-electron chi connectivity index (χ1n) is 7.83. The maximum absolute atomic E-state index is 9.60. The molecule has 4 heteroatoms. The molecule has 24 heavy (non-hydrogen) atoms. The van der Waals surface area contributed by atoms with Gasteiger partial charge < -0.3 is 14.5 Å². The Labute approximate surface area is 142 Å². The summed E-state index contributed by atoms with van der Waals surface area (Å²) in [5.41, 5.74) is 2.00. The van der Waals surface area contributed by atoms with Gasteiger partial charge in [-0.2, -0.15) is 0 Å². The van der Waals surface area contributed by atoms with E-state index in [1.807, 2.05) is 63.4 Å². The molecule has 0 radical (unpaired) electrons. The number of nitrogens with one attached hydrogen (secondary N) is 1. The van der Waals surface area contributed by atoms with Gasteiger partial charge in [0.15, 0.2) is 0 Å². The molecule has 3 aromatic rings. The zero-order valence-electron chi connectivity index (χ0n) is 14.3. The molecule has 1 aromatic heterocycles. The molecule has 1 N–H and O–H groups in total. The van der Waals surface area contributed by atoms with Gasteiger partial charge >= 0.3 is 0 Å². The van der Waals surface area contributed by atoms with E-state index in [4.69, 9.17) is 4.74 Å². The third kappa shape index (κ3) is 5.80. The Balaban J connectivity index is 0.000000256. The summed E-state index contributed by atoms with van der Waals surface area (Å²) < 4.78 is 10.3. The van der Waals surface area contributed by atoms with Gasteiger partial charge in [-0.05, 0) is 50.6 Å². The molecule has 4 nitrogen and oxygen atoms in total. The largest absolute Gasteiger partial charge is 0.489 e. The van der Waals surface area contributed by atoms with Crippen molar-refractivity contribution in [3.63, 3.8) is 0 Å². The van der Waals surface area contributed by atoms with Crippen molar-refractivity contribution < 1.29 is 14.3 Å². The highest BCUT2D eigenvalue weighted by Crippen LogP contribution is 2.20. The van der Waals surface area contributed by atoms with Gasteiger partial charge in [0, 0.05) is 17.1 Å². The minimum atomic E-state index is -0.318. The first kappa shape index (κ1) is 17.6. The van der Waals surface area contributed by atoms with Crippen LogP contribution in [0.25, 0.3) is 10.9 Å². The number of aromatic nitrogens is 1. The van der Waals surface area contributed by atoms with Gasteiger partial charge in [-0.1, -0.05) is 30.3 Å². The molecule has 126 valence electrons. The Bertz CT molecular complexity index is 757. The predicted molar refractivity (Wildman–Crippen MR) is 96.0 cm³/mol. The topological polar surface area (TPSA) is 51.3 Å². The SMILES string of the molecule is CC(C)(C)OC=O.c1ccc(COc2ccc3[nH]ccc3c2)cc1. The number of rotatable bonds is 4. The molecule has 0 saturated heterocycles. The number of H-pyrrole nitrogens is 1. The van der Waals surface area contributed by atoms with E-state index in [-0.39, 0.29) is 5.60 Å². The van der Waals surface area contributed by atoms with Gasteiger partial charge in [0.25, 0.3) is 6.47 Å². The number of fused-ring (bicyclic) bond motifs is 1. The summed E-state index contributed by atoms with van der Waals surface area (Å²) >= 11 is 0. The molecule has 0 aliphatic heterocycles. The third-order valence-corrected chi connectivity index (χ3v) is 3.17. The zero-order valence-corrected chi connectivity index (χ0v) is 14.3. The lowest BCUT2D eigenvalue weighted by Gasteiger charge is -2.14. The van der Waals surface area contributed by atoms with Crippen molar-refractivity contribution >= 4 is 17.4 Å². The van der Waals surface area contributed by atoms with E-state index in [9.17, 15) is 4.79 Å². The van der Waals surface area contributed by atoms with Gasteiger partial charge in [0.1, 0.15) is 18.0 Å². The fourth-order valence-corrected chi connectivity index (χ4v) is 2.01. The van der Waals surface area contributed by atoms with Gasteiger partial charge in [0.05, 0.1) is 0 Å². The molecule has 3 rings (SSSR count). The van der Waals surface area contributed by atoms with E-state index in [1.165, 1.54) is 10.9 Å². The summed E-state index contributed by atoms with van der Waals surface area (Å²) in [4.78, 5) is 12.8. The van der Waals surface area contributed by atoms with Crippen molar-refractivity contribution in [2.75, 3.05) is 0 Å². The van der Waals surface area contributed by atoms with E-state index in [0.29, 0.717) is 13.1 Å². The first-order valence-corrected chi connectivity index (χ1v) is 7.83. The number of ether oxygens (including phenoxy) is 2. The highest BCUT2D eigenvalue weighted by Gasteiger charge is 2.07. The predicted octanol–water partition coefficient (Wildman–Crippen LogP) is 4.70. The molecule has 0 fully saturated rings. The third-order valence-electron chi connectivity index (χ3n) is 3.17. The van der Waals surface area contributed by atoms with Gasteiger partial charge in [-0.3, -0.25) is 4.79 Å². The summed E-state index contributed by atoms with van der Waals surface area (Å²) in [7, 11) is 0. The quantitative estimate of drug-likeness (QED) is 0.707. The minimum Gasteiger partial charge on any atom is -0.489 e. The molecule has 0 amide bonds. The second-order valence-corrected chi connectivity index (χ2v) is 6.33. The Hall–Kier alpha value is -2.75. The molecule has 0 spiro atoms. The van der Waals surface area contributed by atoms with Crippen molar-refractivity contribution in [2.24, 2.45) is 0 Å². The van der Waals surface area contributed by atoms with Crippen LogP contribution in [0, 0.1) is 0 Å². The second kappa shape index (κ2) is 8.20.